The molecule has 3 rings (SSSR count). The van der Waals surface area contributed by atoms with Crippen LogP contribution in [0.1, 0.15) is 11.1 Å². The van der Waals surface area contributed by atoms with Gasteiger partial charge in [0.1, 0.15) is 5.82 Å². The van der Waals surface area contributed by atoms with Gasteiger partial charge in [0, 0.05) is 44.3 Å². The third kappa shape index (κ3) is 5.94. The Kier molecular flexibility index (Phi) is 7.07. The summed E-state index contributed by atoms with van der Waals surface area (Å²) in [5.74, 6) is -0.142. The monoisotopic (exact) mass is 389 g/mol. The normalized spacial score (nSPS) is 15.0. The van der Waals surface area contributed by atoms with Crippen LogP contribution >= 0.6 is 11.6 Å². The van der Waals surface area contributed by atoms with Crippen molar-refractivity contribution in [2.24, 2.45) is 0 Å². The summed E-state index contributed by atoms with van der Waals surface area (Å²) < 4.78 is 13.7. The quantitative estimate of drug-likeness (QED) is 0.819. The van der Waals surface area contributed by atoms with Gasteiger partial charge in [-0.25, -0.2) is 9.18 Å². The molecule has 1 fully saturated rings. The summed E-state index contributed by atoms with van der Waals surface area (Å²) >= 11 is 5.88. The number of rotatable bonds is 6. The van der Waals surface area contributed by atoms with Gasteiger partial charge in [0.05, 0.1) is 0 Å². The van der Waals surface area contributed by atoms with Gasteiger partial charge in [0.2, 0.25) is 0 Å². The van der Waals surface area contributed by atoms with E-state index in [9.17, 15) is 9.18 Å². The van der Waals surface area contributed by atoms with Crippen molar-refractivity contribution in [1.29, 1.82) is 0 Å². The van der Waals surface area contributed by atoms with Crippen molar-refractivity contribution in [3.05, 3.63) is 70.5 Å². The van der Waals surface area contributed by atoms with E-state index < -0.39 is 0 Å². The summed E-state index contributed by atoms with van der Waals surface area (Å²) in [5.41, 5.74) is 1.90. The van der Waals surface area contributed by atoms with Crippen molar-refractivity contribution < 1.29 is 9.18 Å². The van der Waals surface area contributed by atoms with Crippen LogP contribution in [-0.4, -0.2) is 55.1 Å². The lowest BCUT2D eigenvalue weighted by atomic mass is 10.1. The van der Waals surface area contributed by atoms with E-state index in [2.05, 4.69) is 10.2 Å². The first kappa shape index (κ1) is 19.6. The molecular formula is C21H25ClFN3O. The van der Waals surface area contributed by atoms with E-state index in [-0.39, 0.29) is 11.8 Å². The molecule has 0 radical (unpaired) electrons. The van der Waals surface area contributed by atoms with Gasteiger partial charge in [-0.2, -0.15) is 0 Å². The highest BCUT2D eigenvalue weighted by atomic mass is 35.5. The number of urea groups is 1. The second-order valence-electron chi connectivity index (χ2n) is 6.78. The Bertz CT molecular complexity index is 745. The highest BCUT2D eigenvalue weighted by Gasteiger charge is 2.20. The zero-order valence-electron chi connectivity index (χ0n) is 15.3. The minimum absolute atomic E-state index is 0.0160. The largest absolute Gasteiger partial charge is 0.338 e. The number of piperazine rings is 1. The molecule has 0 aromatic heterocycles. The number of halogens is 2. The molecule has 0 unspecified atom stereocenters. The molecule has 2 amide bonds. The van der Waals surface area contributed by atoms with Gasteiger partial charge in [-0.3, -0.25) is 4.90 Å². The lowest BCUT2D eigenvalue weighted by Crippen LogP contribution is -2.52. The number of amides is 2. The van der Waals surface area contributed by atoms with E-state index in [4.69, 9.17) is 11.6 Å². The number of nitrogens with one attached hydrogen (secondary N) is 1. The Morgan fingerprint density at radius 1 is 1.00 bits per heavy atom. The molecule has 4 nitrogen and oxygen atoms in total. The molecule has 0 bridgehead atoms. The molecule has 27 heavy (non-hydrogen) atoms. The Hall–Kier alpha value is -2.11. The Balaban J connectivity index is 1.35. The summed E-state index contributed by atoms with van der Waals surface area (Å²) in [6.07, 6.45) is 1.48. The first-order valence-electron chi connectivity index (χ1n) is 9.35. The number of hydrogen-bond donors (Lipinski definition) is 1. The molecule has 6 heteroatoms. The van der Waals surface area contributed by atoms with Crippen LogP contribution in [0.5, 0.6) is 0 Å². The van der Waals surface area contributed by atoms with Crippen LogP contribution in [0.25, 0.3) is 0 Å². The third-order valence-electron chi connectivity index (χ3n) is 4.92. The number of hydrogen-bond acceptors (Lipinski definition) is 2. The molecule has 1 saturated heterocycles. The van der Waals surface area contributed by atoms with Crippen molar-refractivity contribution in [3.8, 4) is 0 Å². The zero-order valence-corrected chi connectivity index (χ0v) is 16.1. The zero-order chi connectivity index (χ0) is 19.1. The highest BCUT2D eigenvalue weighted by Crippen LogP contribution is 2.11. The molecule has 0 aliphatic carbocycles. The van der Waals surface area contributed by atoms with Crippen LogP contribution in [0.2, 0.25) is 5.02 Å². The minimum Gasteiger partial charge on any atom is -0.338 e. The molecule has 1 aliphatic heterocycles. The predicted octanol–water partition coefficient (Wildman–Crippen LogP) is 3.59. The summed E-state index contributed by atoms with van der Waals surface area (Å²) in [6.45, 7) is 4.45. The van der Waals surface area contributed by atoms with Crippen molar-refractivity contribution in [2.75, 3.05) is 39.3 Å². The summed E-state index contributed by atoms with van der Waals surface area (Å²) in [4.78, 5) is 16.4. The average Bonchev–Trinajstić information content (AvgIpc) is 2.69. The SMILES string of the molecule is O=C(NCCc1ccc(Cl)cc1)N1CCN(CCc2ccccc2F)CC1. The van der Waals surface area contributed by atoms with Crippen LogP contribution < -0.4 is 5.32 Å². The fourth-order valence-corrected chi connectivity index (χ4v) is 3.36. The molecule has 0 atom stereocenters. The van der Waals surface area contributed by atoms with E-state index in [1.165, 1.54) is 6.07 Å². The topological polar surface area (TPSA) is 35.6 Å². The van der Waals surface area contributed by atoms with Gasteiger partial charge in [-0.1, -0.05) is 41.9 Å². The van der Waals surface area contributed by atoms with E-state index in [1.807, 2.05) is 41.3 Å². The maximum Gasteiger partial charge on any atom is 0.317 e. The van der Waals surface area contributed by atoms with Gasteiger partial charge < -0.3 is 10.2 Å². The van der Waals surface area contributed by atoms with Gasteiger partial charge in [-0.05, 0) is 42.2 Å². The van der Waals surface area contributed by atoms with E-state index >= 15 is 0 Å². The fraction of sp³-hybridized carbons (Fsp3) is 0.381. The van der Waals surface area contributed by atoms with Gasteiger partial charge in [0.15, 0.2) is 0 Å². The van der Waals surface area contributed by atoms with Crippen molar-refractivity contribution in [1.82, 2.24) is 15.1 Å². The number of carbonyl (C=O) groups is 1. The standard InChI is InChI=1S/C21H25ClFN3O/c22-19-7-5-17(6-8-19)9-11-24-21(27)26-15-13-25(14-16-26)12-10-18-3-1-2-4-20(18)23/h1-8H,9-16H2,(H,24,27). The molecule has 144 valence electrons. The Morgan fingerprint density at radius 2 is 1.70 bits per heavy atom. The lowest BCUT2D eigenvalue weighted by molar-refractivity contribution is 0.140. The van der Waals surface area contributed by atoms with E-state index in [0.29, 0.717) is 26.1 Å². The Labute approximate surface area is 164 Å². The second kappa shape index (κ2) is 9.72. The molecular weight excluding hydrogens is 365 g/mol. The van der Waals surface area contributed by atoms with E-state index in [0.717, 1.165) is 42.2 Å². The fourth-order valence-electron chi connectivity index (χ4n) is 3.23. The van der Waals surface area contributed by atoms with Gasteiger partial charge >= 0.3 is 6.03 Å². The van der Waals surface area contributed by atoms with Crippen LogP contribution in [-0.2, 0) is 12.8 Å². The molecule has 0 spiro atoms. The second-order valence-corrected chi connectivity index (χ2v) is 7.21. The van der Waals surface area contributed by atoms with Crippen molar-refractivity contribution in [2.45, 2.75) is 12.8 Å². The van der Waals surface area contributed by atoms with Crippen LogP contribution in [0, 0.1) is 5.82 Å². The van der Waals surface area contributed by atoms with Crippen molar-refractivity contribution >= 4 is 17.6 Å². The smallest absolute Gasteiger partial charge is 0.317 e. The molecule has 2 aromatic carbocycles. The number of nitrogens with zero attached hydrogens (tertiary/aromatic N) is 2. The van der Waals surface area contributed by atoms with Crippen molar-refractivity contribution in [3.63, 3.8) is 0 Å². The number of benzene rings is 2. The molecule has 1 aliphatic rings. The predicted molar refractivity (Wildman–Crippen MR) is 107 cm³/mol. The first-order chi connectivity index (χ1) is 13.1. The number of carbonyl (C=O) groups excluding carboxylic acids is 1. The maximum absolute atomic E-state index is 13.7. The van der Waals surface area contributed by atoms with Crippen LogP contribution in [0.15, 0.2) is 48.5 Å². The highest BCUT2D eigenvalue weighted by molar-refractivity contribution is 6.30. The molecule has 1 heterocycles. The van der Waals surface area contributed by atoms with Gasteiger partial charge in [0.25, 0.3) is 0 Å². The lowest BCUT2D eigenvalue weighted by Gasteiger charge is -2.34. The summed E-state index contributed by atoms with van der Waals surface area (Å²) in [7, 11) is 0. The van der Waals surface area contributed by atoms with Crippen LogP contribution in [0.3, 0.4) is 0 Å². The summed E-state index contributed by atoms with van der Waals surface area (Å²) in [5, 5.41) is 3.70. The van der Waals surface area contributed by atoms with Crippen LogP contribution in [0.4, 0.5) is 9.18 Å². The molecule has 1 N–H and O–H groups in total. The first-order valence-corrected chi connectivity index (χ1v) is 9.72. The van der Waals surface area contributed by atoms with Gasteiger partial charge in [-0.15, -0.1) is 0 Å². The molecule has 0 saturated carbocycles. The molecule has 2 aromatic rings. The summed E-state index contributed by atoms with van der Waals surface area (Å²) in [6, 6.07) is 14.6. The minimum atomic E-state index is -0.142. The maximum atomic E-state index is 13.7. The average molecular weight is 390 g/mol. The Morgan fingerprint density at radius 3 is 2.41 bits per heavy atom. The van der Waals surface area contributed by atoms with E-state index in [1.54, 1.807) is 6.07 Å². The third-order valence-corrected chi connectivity index (χ3v) is 5.17.